The van der Waals surface area contributed by atoms with E-state index in [2.05, 4.69) is 35.4 Å². The summed E-state index contributed by atoms with van der Waals surface area (Å²) in [6.07, 6.45) is 6.20. The lowest BCUT2D eigenvalue weighted by molar-refractivity contribution is 0.0683. The van der Waals surface area contributed by atoms with E-state index in [1.54, 1.807) is 10.7 Å². The van der Waals surface area contributed by atoms with Crippen LogP contribution in [0, 0.1) is 0 Å². The average Bonchev–Trinajstić information content (AvgIpc) is 3.24. The standard InChI is InChI=1S/C23H25N3O/c1-25(20-14-12-19(13-15-20)18-8-4-2-5-9-18)23(27)22-16-17-26(24-22)21-10-6-3-7-11-21/h2-11,16-17,19-20H,12-15H2,1H3. The molecule has 0 saturated heterocycles. The predicted molar refractivity (Wildman–Crippen MR) is 107 cm³/mol. The number of nitrogens with zero attached hydrogens (tertiary/aromatic N) is 3. The molecule has 3 aromatic rings. The second kappa shape index (κ2) is 7.78. The van der Waals surface area contributed by atoms with Gasteiger partial charge in [0.25, 0.3) is 5.91 Å². The average molecular weight is 359 g/mol. The fourth-order valence-electron chi connectivity index (χ4n) is 4.03. The van der Waals surface area contributed by atoms with Crippen molar-refractivity contribution in [3.63, 3.8) is 0 Å². The highest BCUT2D eigenvalue weighted by Gasteiger charge is 2.28. The fourth-order valence-corrected chi connectivity index (χ4v) is 4.03. The maximum Gasteiger partial charge on any atom is 0.274 e. The Morgan fingerprint density at radius 1 is 0.926 bits per heavy atom. The van der Waals surface area contributed by atoms with E-state index in [1.165, 1.54) is 5.56 Å². The molecular formula is C23H25N3O. The van der Waals surface area contributed by atoms with Crippen molar-refractivity contribution in [3.8, 4) is 5.69 Å². The molecule has 138 valence electrons. The van der Waals surface area contributed by atoms with Gasteiger partial charge in [0.05, 0.1) is 5.69 Å². The van der Waals surface area contributed by atoms with Crippen molar-refractivity contribution in [1.29, 1.82) is 0 Å². The zero-order valence-corrected chi connectivity index (χ0v) is 15.7. The molecule has 0 bridgehead atoms. The minimum absolute atomic E-state index is 0.00726. The largest absolute Gasteiger partial charge is 0.337 e. The van der Waals surface area contributed by atoms with Crippen LogP contribution in [0.5, 0.6) is 0 Å². The second-order valence-electron chi connectivity index (χ2n) is 7.31. The van der Waals surface area contributed by atoms with Gasteiger partial charge in [-0.25, -0.2) is 4.68 Å². The lowest BCUT2D eigenvalue weighted by atomic mass is 9.81. The first-order valence-corrected chi connectivity index (χ1v) is 9.65. The summed E-state index contributed by atoms with van der Waals surface area (Å²) in [6.45, 7) is 0. The van der Waals surface area contributed by atoms with Crippen molar-refractivity contribution in [3.05, 3.63) is 84.2 Å². The molecule has 2 aromatic carbocycles. The lowest BCUT2D eigenvalue weighted by Gasteiger charge is -2.34. The van der Waals surface area contributed by atoms with E-state index in [9.17, 15) is 4.79 Å². The monoisotopic (exact) mass is 359 g/mol. The molecule has 1 saturated carbocycles. The van der Waals surface area contributed by atoms with Crippen molar-refractivity contribution in [1.82, 2.24) is 14.7 Å². The van der Waals surface area contributed by atoms with Crippen molar-refractivity contribution in [2.45, 2.75) is 37.6 Å². The van der Waals surface area contributed by atoms with E-state index in [1.807, 2.05) is 48.5 Å². The third-order valence-corrected chi connectivity index (χ3v) is 5.66. The molecule has 0 spiro atoms. The van der Waals surface area contributed by atoms with Crippen LogP contribution in [-0.4, -0.2) is 33.7 Å². The quantitative estimate of drug-likeness (QED) is 0.679. The summed E-state index contributed by atoms with van der Waals surface area (Å²) in [5.74, 6) is 0.621. The Labute approximate surface area is 160 Å². The number of benzene rings is 2. The number of carbonyl (C=O) groups is 1. The van der Waals surface area contributed by atoms with Crippen LogP contribution < -0.4 is 0 Å². The molecule has 1 aliphatic carbocycles. The zero-order chi connectivity index (χ0) is 18.6. The van der Waals surface area contributed by atoms with Gasteiger partial charge in [0, 0.05) is 19.3 Å². The Kier molecular flexibility index (Phi) is 5.05. The van der Waals surface area contributed by atoms with Crippen LogP contribution in [-0.2, 0) is 0 Å². The van der Waals surface area contributed by atoms with E-state index in [-0.39, 0.29) is 5.91 Å². The Hall–Kier alpha value is -2.88. The van der Waals surface area contributed by atoms with Gasteiger partial charge in [0.15, 0.2) is 5.69 Å². The Bertz CT molecular complexity index is 880. The number of aromatic nitrogens is 2. The zero-order valence-electron chi connectivity index (χ0n) is 15.7. The normalized spacial score (nSPS) is 19.6. The highest BCUT2D eigenvalue weighted by Crippen LogP contribution is 2.34. The first-order chi connectivity index (χ1) is 13.2. The van der Waals surface area contributed by atoms with Crippen molar-refractivity contribution in [2.75, 3.05) is 7.05 Å². The molecule has 4 rings (SSSR count). The number of carbonyl (C=O) groups excluding carboxylic acids is 1. The van der Waals surface area contributed by atoms with Crippen LogP contribution in [0.1, 0.15) is 47.7 Å². The van der Waals surface area contributed by atoms with Gasteiger partial charge in [0.2, 0.25) is 0 Å². The lowest BCUT2D eigenvalue weighted by Crippen LogP contribution is -2.39. The van der Waals surface area contributed by atoms with Crippen molar-refractivity contribution < 1.29 is 4.79 Å². The van der Waals surface area contributed by atoms with E-state index in [0.29, 0.717) is 17.7 Å². The third-order valence-electron chi connectivity index (χ3n) is 5.66. The molecular weight excluding hydrogens is 334 g/mol. The molecule has 1 aliphatic rings. The summed E-state index contributed by atoms with van der Waals surface area (Å²) >= 11 is 0. The summed E-state index contributed by atoms with van der Waals surface area (Å²) in [4.78, 5) is 14.8. The fraction of sp³-hybridized carbons (Fsp3) is 0.304. The maximum absolute atomic E-state index is 12.9. The van der Waals surface area contributed by atoms with Crippen LogP contribution in [0.3, 0.4) is 0 Å². The van der Waals surface area contributed by atoms with Crippen molar-refractivity contribution in [2.24, 2.45) is 0 Å². The van der Waals surface area contributed by atoms with Gasteiger partial charge in [-0.05, 0) is 55.4 Å². The van der Waals surface area contributed by atoms with E-state index in [0.717, 1.165) is 31.4 Å². The number of hydrogen-bond donors (Lipinski definition) is 0. The number of para-hydroxylation sites is 1. The molecule has 1 fully saturated rings. The Morgan fingerprint density at radius 2 is 1.56 bits per heavy atom. The summed E-state index contributed by atoms with van der Waals surface area (Å²) in [7, 11) is 1.91. The minimum atomic E-state index is 0.00726. The molecule has 1 aromatic heterocycles. The second-order valence-corrected chi connectivity index (χ2v) is 7.31. The molecule has 27 heavy (non-hydrogen) atoms. The Balaban J connectivity index is 1.39. The van der Waals surface area contributed by atoms with E-state index in [4.69, 9.17) is 0 Å². The molecule has 0 atom stereocenters. The topological polar surface area (TPSA) is 38.1 Å². The molecule has 1 heterocycles. The maximum atomic E-state index is 12.9. The Morgan fingerprint density at radius 3 is 2.22 bits per heavy atom. The van der Waals surface area contributed by atoms with Crippen LogP contribution in [0.2, 0.25) is 0 Å². The van der Waals surface area contributed by atoms with Crippen LogP contribution in [0.15, 0.2) is 72.9 Å². The number of amides is 1. The van der Waals surface area contributed by atoms with E-state index >= 15 is 0 Å². The molecule has 0 radical (unpaired) electrons. The molecule has 4 nitrogen and oxygen atoms in total. The summed E-state index contributed by atoms with van der Waals surface area (Å²) < 4.78 is 1.76. The number of hydrogen-bond acceptors (Lipinski definition) is 2. The molecule has 0 N–H and O–H groups in total. The summed E-state index contributed by atoms with van der Waals surface area (Å²) in [5, 5.41) is 4.48. The van der Waals surface area contributed by atoms with Gasteiger partial charge >= 0.3 is 0 Å². The summed E-state index contributed by atoms with van der Waals surface area (Å²) in [6, 6.07) is 22.7. The van der Waals surface area contributed by atoms with Crippen LogP contribution >= 0.6 is 0 Å². The molecule has 0 aliphatic heterocycles. The molecule has 1 amide bonds. The molecule has 0 unspecified atom stereocenters. The van der Waals surface area contributed by atoms with Gasteiger partial charge in [-0.15, -0.1) is 0 Å². The van der Waals surface area contributed by atoms with Gasteiger partial charge < -0.3 is 4.90 Å². The smallest absolute Gasteiger partial charge is 0.274 e. The van der Waals surface area contributed by atoms with Gasteiger partial charge in [-0.3, -0.25) is 4.79 Å². The highest BCUT2D eigenvalue weighted by atomic mass is 16.2. The van der Waals surface area contributed by atoms with Crippen LogP contribution in [0.4, 0.5) is 0 Å². The van der Waals surface area contributed by atoms with Gasteiger partial charge in [-0.2, -0.15) is 5.10 Å². The first kappa shape index (κ1) is 17.5. The third kappa shape index (κ3) is 3.80. The van der Waals surface area contributed by atoms with Crippen molar-refractivity contribution >= 4 is 5.91 Å². The van der Waals surface area contributed by atoms with Gasteiger partial charge in [0.1, 0.15) is 0 Å². The van der Waals surface area contributed by atoms with Crippen LogP contribution in [0.25, 0.3) is 5.69 Å². The van der Waals surface area contributed by atoms with E-state index < -0.39 is 0 Å². The molecule has 4 heteroatoms. The minimum Gasteiger partial charge on any atom is -0.337 e. The predicted octanol–water partition coefficient (Wildman–Crippen LogP) is 4.67. The summed E-state index contributed by atoms with van der Waals surface area (Å²) in [5.41, 5.74) is 2.89. The SMILES string of the molecule is CN(C(=O)c1ccn(-c2ccccc2)n1)C1CCC(c2ccccc2)CC1. The highest BCUT2D eigenvalue weighted by molar-refractivity contribution is 5.92. The number of rotatable bonds is 4. The first-order valence-electron chi connectivity index (χ1n) is 9.65. The van der Waals surface area contributed by atoms with Gasteiger partial charge in [-0.1, -0.05) is 48.5 Å².